The van der Waals surface area contributed by atoms with Crippen LogP contribution in [-0.4, -0.2) is 20.6 Å². The summed E-state index contributed by atoms with van der Waals surface area (Å²) in [5, 5.41) is 9.23. The molecule has 0 aliphatic carbocycles. The molecule has 0 spiro atoms. The van der Waals surface area contributed by atoms with E-state index < -0.39 is 5.97 Å². The Bertz CT molecular complexity index is 852. The number of benzene rings is 1. The number of carbonyl (C=O) groups is 1. The van der Waals surface area contributed by atoms with Gasteiger partial charge in [0.25, 0.3) is 5.56 Å². The SMILES string of the molecule is O=C(O)CCn1cnc2sc(-c3ccccc3)cc2c1=O. The first-order valence-corrected chi connectivity index (χ1v) is 7.23. The molecule has 5 nitrogen and oxygen atoms in total. The summed E-state index contributed by atoms with van der Waals surface area (Å²) in [7, 11) is 0. The van der Waals surface area contributed by atoms with Crippen LogP contribution in [0, 0.1) is 0 Å². The van der Waals surface area contributed by atoms with Gasteiger partial charge in [0.15, 0.2) is 0 Å². The van der Waals surface area contributed by atoms with Gasteiger partial charge in [0.1, 0.15) is 4.83 Å². The van der Waals surface area contributed by atoms with E-state index in [1.165, 1.54) is 22.2 Å². The summed E-state index contributed by atoms with van der Waals surface area (Å²) < 4.78 is 1.35. The highest BCUT2D eigenvalue weighted by molar-refractivity contribution is 7.21. The number of carboxylic acids is 1. The molecule has 0 radical (unpaired) electrons. The molecule has 0 atom stereocenters. The number of carboxylic acid groups (broad SMARTS) is 1. The van der Waals surface area contributed by atoms with Crippen LogP contribution >= 0.6 is 11.3 Å². The fourth-order valence-corrected chi connectivity index (χ4v) is 3.07. The van der Waals surface area contributed by atoms with Crippen molar-refractivity contribution in [2.24, 2.45) is 0 Å². The number of hydrogen-bond donors (Lipinski definition) is 1. The topological polar surface area (TPSA) is 72.2 Å². The fourth-order valence-electron chi connectivity index (χ4n) is 2.08. The number of rotatable bonds is 4. The van der Waals surface area contributed by atoms with E-state index in [0.29, 0.717) is 10.2 Å². The Morgan fingerprint density at radius 2 is 2.05 bits per heavy atom. The van der Waals surface area contributed by atoms with Crippen LogP contribution < -0.4 is 5.56 Å². The molecule has 0 aliphatic heterocycles. The van der Waals surface area contributed by atoms with Crippen molar-refractivity contribution in [1.82, 2.24) is 9.55 Å². The zero-order valence-electron chi connectivity index (χ0n) is 11.0. The summed E-state index contributed by atoms with van der Waals surface area (Å²) in [6.07, 6.45) is 1.32. The van der Waals surface area contributed by atoms with Gasteiger partial charge in [-0.2, -0.15) is 0 Å². The zero-order chi connectivity index (χ0) is 14.8. The van der Waals surface area contributed by atoms with Gasteiger partial charge in [-0.15, -0.1) is 11.3 Å². The van der Waals surface area contributed by atoms with Crippen molar-refractivity contribution < 1.29 is 9.90 Å². The second-order valence-corrected chi connectivity index (χ2v) is 5.61. The summed E-state index contributed by atoms with van der Waals surface area (Å²) in [5.41, 5.74) is 0.844. The number of aromatic nitrogens is 2. The maximum atomic E-state index is 12.3. The molecule has 106 valence electrons. The van der Waals surface area contributed by atoms with E-state index in [0.717, 1.165) is 10.4 Å². The Kier molecular flexibility index (Phi) is 3.53. The lowest BCUT2D eigenvalue weighted by Crippen LogP contribution is -2.21. The van der Waals surface area contributed by atoms with E-state index in [1.807, 2.05) is 36.4 Å². The maximum absolute atomic E-state index is 12.3. The number of fused-ring (bicyclic) bond motifs is 1. The summed E-state index contributed by atoms with van der Waals surface area (Å²) in [5.74, 6) is -0.933. The third kappa shape index (κ3) is 2.71. The highest BCUT2D eigenvalue weighted by Gasteiger charge is 2.10. The second-order valence-electron chi connectivity index (χ2n) is 4.58. The number of aliphatic carboxylic acids is 1. The van der Waals surface area contributed by atoms with Crippen LogP contribution in [0.3, 0.4) is 0 Å². The number of nitrogens with zero attached hydrogens (tertiary/aromatic N) is 2. The molecule has 0 fully saturated rings. The minimum Gasteiger partial charge on any atom is -0.481 e. The van der Waals surface area contributed by atoms with Crippen LogP contribution in [0.25, 0.3) is 20.7 Å². The van der Waals surface area contributed by atoms with Gasteiger partial charge in [-0.1, -0.05) is 30.3 Å². The maximum Gasteiger partial charge on any atom is 0.305 e. The third-order valence-corrected chi connectivity index (χ3v) is 4.24. The molecule has 0 amide bonds. The van der Waals surface area contributed by atoms with Crippen LogP contribution in [0.4, 0.5) is 0 Å². The monoisotopic (exact) mass is 300 g/mol. The first kappa shape index (κ1) is 13.5. The van der Waals surface area contributed by atoms with Gasteiger partial charge in [0.2, 0.25) is 0 Å². The Morgan fingerprint density at radius 3 is 2.76 bits per heavy atom. The lowest BCUT2D eigenvalue weighted by Gasteiger charge is -2.01. The summed E-state index contributed by atoms with van der Waals surface area (Å²) in [6.45, 7) is 0.133. The molecule has 21 heavy (non-hydrogen) atoms. The molecule has 0 saturated heterocycles. The van der Waals surface area contributed by atoms with Crippen molar-refractivity contribution in [1.29, 1.82) is 0 Å². The van der Waals surface area contributed by atoms with Crippen LogP contribution in [0.15, 0.2) is 47.5 Å². The minimum atomic E-state index is -0.933. The Morgan fingerprint density at radius 1 is 1.29 bits per heavy atom. The van der Waals surface area contributed by atoms with Crippen LogP contribution in [0.2, 0.25) is 0 Å². The van der Waals surface area contributed by atoms with E-state index in [9.17, 15) is 9.59 Å². The fraction of sp³-hybridized carbons (Fsp3) is 0.133. The molecule has 3 aromatic rings. The Hall–Kier alpha value is -2.47. The van der Waals surface area contributed by atoms with E-state index >= 15 is 0 Å². The molecule has 2 aromatic heterocycles. The van der Waals surface area contributed by atoms with Gasteiger partial charge < -0.3 is 5.11 Å². The van der Waals surface area contributed by atoms with E-state index in [-0.39, 0.29) is 18.5 Å². The number of thiophene rings is 1. The largest absolute Gasteiger partial charge is 0.481 e. The van der Waals surface area contributed by atoms with Gasteiger partial charge in [0, 0.05) is 11.4 Å². The second kappa shape index (κ2) is 5.49. The van der Waals surface area contributed by atoms with E-state index in [2.05, 4.69) is 4.98 Å². The average Bonchev–Trinajstić information content (AvgIpc) is 2.92. The highest BCUT2D eigenvalue weighted by Crippen LogP contribution is 2.30. The van der Waals surface area contributed by atoms with Gasteiger partial charge >= 0.3 is 5.97 Å². The molecular formula is C15H12N2O3S. The quantitative estimate of drug-likeness (QED) is 0.804. The lowest BCUT2D eigenvalue weighted by molar-refractivity contribution is -0.137. The molecule has 1 aromatic carbocycles. The van der Waals surface area contributed by atoms with Gasteiger partial charge in [0.05, 0.1) is 18.1 Å². The summed E-state index contributed by atoms with van der Waals surface area (Å²) in [6, 6.07) is 11.6. The van der Waals surface area contributed by atoms with Gasteiger partial charge in [-0.25, -0.2) is 4.98 Å². The summed E-state index contributed by atoms with van der Waals surface area (Å²) >= 11 is 1.46. The highest BCUT2D eigenvalue weighted by atomic mass is 32.1. The van der Waals surface area contributed by atoms with Crippen molar-refractivity contribution in [2.75, 3.05) is 0 Å². The van der Waals surface area contributed by atoms with Crippen LogP contribution in [0.1, 0.15) is 6.42 Å². The minimum absolute atomic E-state index is 0.0945. The smallest absolute Gasteiger partial charge is 0.305 e. The molecule has 0 saturated carbocycles. The standard InChI is InChI=1S/C15H12N2O3S/c18-13(19)6-7-17-9-16-14-11(15(17)20)8-12(21-14)10-4-2-1-3-5-10/h1-5,8-9H,6-7H2,(H,18,19). The molecule has 3 rings (SSSR count). The average molecular weight is 300 g/mol. The molecule has 0 unspecified atom stereocenters. The zero-order valence-corrected chi connectivity index (χ0v) is 11.8. The molecule has 0 bridgehead atoms. The Labute approximate surface area is 124 Å². The first-order valence-electron chi connectivity index (χ1n) is 6.41. The van der Waals surface area contributed by atoms with E-state index in [1.54, 1.807) is 0 Å². The molecule has 6 heteroatoms. The van der Waals surface area contributed by atoms with Crippen molar-refractivity contribution in [3.63, 3.8) is 0 Å². The summed E-state index contributed by atoms with van der Waals surface area (Å²) in [4.78, 5) is 28.8. The molecule has 2 heterocycles. The van der Waals surface area contributed by atoms with Crippen LogP contribution in [0.5, 0.6) is 0 Å². The lowest BCUT2D eigenvalue weighted by atomic mass is 10.2. The van der Waals surface area contributed by atoms with Crippen molar-refractivity contribution >= 4 is 27.5 Å². The predicted octanol–water partition coefficient (Wildman–Crippen LogP) is 2.60. The van der Waals surface area contributed by atoms with Gasteiger partial charge in [-0.05, 0) is 11.6 Å². The van der Waals surface area contributed by atoms with Crippen molar-refractivity contribution in [2.45, 2.75) is 13.0 Å². The molecule has 0 aliphatic rings. The van der Waals surface area contributed by atoms with Crippen molar-refractivity contribution in [3.05, 3.63) is 53.1 Å². The Balaban J connectivity index is 2.04. The normalized spacial score (nSPS) is 10.9. The third-order valence-electron chi connectivity index (χ3n) is 3.14. The first-order chi connectivity index (χ1) is 10.1. The van der Waals surface area contributed by atoms with E-state index in [4.69, 9.17) is 5.11 Å². The molecular weight excluding hydrogens is 288 g/mol. The molecule has 1 N–H and O–H groups in total. The van der Waals surface area contributed by atoms with Crippen LogP contribution in [-0.2, 0) is 11.3 Å². The number of aryl methyl sites for hydroxylation is 1. The van der Waals surface area contributed by atoms with Gasteiger partial charge in [-0.3, -0.25) is 14.2 Å². The predicted molar refractivity (Wildman–Crippen MR) is 81.6 cm³/mol. The van der Waals surface area contributed by atoms with Crippen molar-refractivity contribution in [3.8, 4) is 10.4 Å². The number of hydrogen-bond acceptors (Lipinski definition) is 4.